The van der Waals surface area contributed by atoms with Crippen molar-refractivity contribution < 1.29 is 23.3 Å². The molecule has 46 heavy (non-hydrogen) atoms. The van der Waals surface area contributed by atoms with E-state index in [2.05, 4.69) is 130 Å². The first-order valence-electron chi connectivity index (χ1n) is 15.4. The third-order valence-electron chi connectivity index (χ3n) is 7.39. The van der Waals surface area contributed by atoms with Crippen molar-refractivity contribution in [3.63, 3.8) is 0 Å². The molecular weight excluding hydrogens is 695 g/mol. The summed E-state index contributed by atoms with van der Waals surface area (Å²) in [7, 11) is 0. The zero-order valence-corrected chi connectivity index (χ0v) is 35.0. The Morgan fingerprint density at radius 3 is 1.59 bits per heavy atom. The quantitative estimate of drug-likeness (QED) is 0.109. The Balaban J connectivity index is 0.000000716. The summed E-state index contributed by atoms with van der Waals surface area (Å²) in [5, 5.41) is 0. The maximum absolute atomic E-state index is 3.69. The van der Waals surface area contributed by atoms with Crippen molar-refractivity contribution in [1.82, 2.24) is 0 Å². The molecule has 0 nitrogen and oxygen atoms in total. The second kappa shape index (κ2) is 21.1. The summed E-state index contributed by atoms with van der Waals surface area (Å²) in [4.78, 5) is 0. The van der Waals surface area contributed by atoms with E-state index in [0.29, 0.717) is 0 Å². The van der Waals surface area contributed by atoms with E-state index in [4.69, 9.17) is 0 Å². The van der Waals surface area contributed by atoms with E-state index in [9.17, 15) is 0 Å². The molecule has 0 amide bonds. The van der Waals surface area contributed by atoms with E-state index in [1.54, 1.807) is 23.3 Å². The first-order chi connectivity index (χ1) is 20.8. The van der Waals surface area contributed by atoms with E-state index in [1.165, 1.54) is 55.6 Å². The number of rotatable bonds is 0. The topological polar surface area (TPSA) is 0 Å². The van der Waals surface area contributed by atoms with Crippen LogP contribution in [0.4, 0.5) is 0 Å². The minimum absolute atomic E-state index is 0. The van der Waals surface area contributed by atoms with Crippen molar-refractivity contribution in [3.05, 3.63) is 154 Å². The zero-order valence-electron chi connectivity index (χ0n) is 29.5. The number of benzene rings is 4. The van der Waals surface area contributed by atoms with Gasteiger partial charge in [-0.25, -0.2) is 12.2 Å². The fraction of sp³-hybridized carbons (Fsp3) is 0.333. The molecule has 6 rings (SSSR count). The van der Waals surface area contributed by atoms with Crippen LogP contribution < -0.4 is 0 Å². The van der Waals surface area contributed by atoms with Crippen LogP contribution in [0.25, 0.3) is 11.1 Å². The molecule has 0 aromatic heterocycles. The predicted molar refractivity (Wildman–Crippen MR) is 205 cm³/mol. The summed E-state index contributed by atoms with van der Waals surface area (Å²) in [6.45, 7) is 24.3. The second-order valence-corrected chi connectivity index (χ2v) is 13.4. The number of aryl methyl sites for hydroxylation is 4. The van der Waals surface area contributed by atoms with E-state index < -0.39 is 0 Å². The molecule has 0 fully saturated rings. The molecule has 0 aliphatic heterocycles. The van der Waals surface area contributed by atoms with Crippen LogP contribution in [-0.2, 0) is 40.6 Å². The van der Waals surface area contributed by atoms with Crippen LogP contribution >= 0.6 is 24.8 Å². The van der Waals surface area contributed by atoms with Gasteiger partial charge in [0.25, 0.3) is 0 Å². The van der Waals surface area contributed by atoms with Crippen LogP contribution in [0.5, 0.6) is 0 Å². The van der Waals surface area contributed by atoms with Crippen molar-refractivity contribution in [2.75, 3.05) is 0 Å². The molecule has 0 N–H and O–H groups in total. The summed E-state index contributed by atoms with van der Waals surface area (Å²) in [5.41, 5.74) is 14.1. The molecule has 0 radical (unpaired) electrons. The fourth-order valence-electron chi connectivity index (χ4n) is 5.33. The van der Waals surface area contributed by atoms with Gasteiger partial charge in [0, 0.05) is 0 Å². The van der Waals surface area contributed by atoms with Gasteiger partial charge in [0.05, 0.1) is 0 Å². The molecule has 0 unspecified atom stereocenters. The molecule has 2 aliphatic carbocycles. The number of allylic oxidation sites excluding steroid dienone is 4. The molecule has 4 heteroatoms. The normalized spacial score (nSPS) is 11.6. The molecule has 0 atom stereocenters. The van der Waals surface area contributed by atoms with Gasteiger partial charge in [-0.15, -0.1) is 47.9 Å². The van der Waals surface area contributed by atoms with Crippen molar-refractivity contribution >= 4 is 31.7 Å². The minimum atomic E-state index is 0. The zero-order chi connectivity index (χ0) is 32.9. The molecular formula is C42H52Cl2SiZr-4. The first kappa shape index (κ1) is 44.0. The fourth-order valence-corrected chi connectivity index (χ4v) is 5.33. The first-order valence-corrected chi connectivity index (χ1v) is 21.3. The Kier molecular flexibility index (Phi) is 20.2. The van der Waals surface area contributed by atoms with E-state index in [1.807, 2.05) is 55.4 Å². The van der Waals surface area contributed by atoms with Gasteiger partial charge in [-0.05, 0) is 35.4 Å². The Hall–Kier alpha value is -1.96. The van der Waals surface area contributed by atoms with Crippen molar-refractivity contribution in [2.24, 2.45) is 0 Å². The third kappa shape index (κ3) is 14.0. The molecule has 0 spiro atoms. The average Bonchev–Trinajstić information content (AvgIpc) is 3.65. The number of halogens is 2. The SMILES string of the molecule is Cc1[c-]c2c(cc1C(C)(C)C)-c1cc(C(C)(C)C)c(C)cc1C2.Cc1c[c-]ccc1.Cc1c[c-]ccc1.Cl.Cl.[C-]1=CC=CC1.[SiH2]=[Zr]. The van der Waals surface area contributed by atoms with Gasteiger partial charge < -0.3 is 0 Å². The summed E-state index contributed by atoms with van der Waals surface area (Å²) in [6.07, 6.45) is 11.0. The molecule has 246 valence electrons. The van der Waals surface area contributed by atoms with Crippen LogP contribution in [0.1, 0.15) is 92.5 Å². The Morgan fingerprint density at radius 1 is 0.717 bits per heavy atom. The van der Waals surface area contributed by atoms with Crippen LogP contribution in [0, 0.1) is 52.0 Å². The van der Waals surface area contributed by atoms with Crippen molar-refractivity contribution in [2.45, 2.75) is 92.9 Å². The molecule has 4 aromatic carbocycles. The van der Waals surface area contributed by atoms with Gasteiger partial charge in [-0.3, -0.25) is 6.08 Å². The molecule has 0 saturated carbocycles. The predicted octanol–water partition coefficient (Wildman–Crippen LogP) is 11.1. The standard InChI is InChI=1S/C23H29.2C7H7.C5H5.2ClH.H2Si.Zr/c1-14-9-16-11-17-10-15(2)21(23(6,7)8)13-19(17)18(16)12-20(14)22(3,4)5;2*1-7-5-3-2-4-6-7;1-2-4-5-3-1;;;;/h9,12-13H,11H2,1-8H3;2*2-3,5-6H,1H3;1-3H,4H2;2*1H;1H2;/q4*-1;;;;. The van der Waals surface area contributed by atoms with Crippen LogP contribution in [0.2, 0.25) is 0 Å². The van der Waals surface area contributed by atoms with Crippen LogP contribution in [0.3, 0.4) is 0 Å². The van der Waals surface area contributed by atoms with Gasteiger partial charge in [-0.2, -0.15) is 95.6 Å². The Bertz CT molecular complexity index is 1410. The third-order valence-corrected chi connectivity index (χ3v) is 7.39. The van der Waals surface area contributed by atoms with Gasteiger partial charge in [-0.1, -0.05) is 85.4 Å². The molecule has 0 bridgehead atoms. The van der Waals surface area contributed by atoms with Crippen molar-refractivity contribution in [1.29, 1.82) is 0 Å². The number of fused-ring (bicyclic) bond motifs is 3. The number of hydrogen-bond donors (Lipinski definition) is 0. The summed E-state index contributed by atoms with van der Waals surface area (Å²) in [5.74, 6) is 0. The average molecular weight is 747 g/mol. The van der Waals surface area contributed by atoms with Gasteiger partial charge in [0.1, 0.15) is 0 Å². The molecule has 4 aromatic rings. The van der Waals surface area contributed by atoms with Gasteiger partial charge >= 0.3 is 30.2 Å². The van der Waals surface area contributed by atoms with Crippen LogP contribution in [-0.4, -0.2) is 6.88 Å². The molecule has 2 aliphatic rings. The maximum atomic E-state index is 3.69. The van der Waals surface area contributed by atoms with Crippen molar-refractivity contribution in [3.8, 4) is 11.1 Å². The molecule has 0 heterocycles. The van der Waals surface area contributed by atoms with Gasteiger partial charge in [0.15, 0.2) is 0 Å². The van der Waals surface area contributed by atoms with Gasteiger partial charge in [0.2, 0.25) is 0 Å². The summed E-state index contributed by atoms with van der Waals surface area (Å²) >= 11 is 1.58. The summed E-state index contributed by atoms with van der Waals surface area (Å²) < 4.78 is 0. The molecule has 0 saturated heterocycles. The van der Waals surface area contributed by atoms with E-state index in [0.717, 1.165) is 12.8 Å². The second-order valence-electron chi connectivity index (χ2n) is 13.4. The Morgan fingerprint density at radius 2 is 1.24 bits per heavy atom. The number of hydrogen-bond acceptors (Lipinski definition) is 0. The summed E-state index contributed by atoms with van der Waals surface area (Å²) in [6, 6.07) is 32.6. The van der Waals surface area contributed by atoms with E-state index in [-0.39, 0.29) is 35.6 Å². The van der Waals surface area contributed by atoms with E-state index >= 15 is 0 Å². The Labute approximate surface area is 310 Å². The monoisotopic (exact) mass is 744 g/mol. The van der Waals surface area contributed by atoms with Crippen LogP contribution in [0.15, 0.2) is 85.0 Å².